The van der Waals surface area contributed by atoms with Crippen molar-refractivity contribution >= 4 is 16.7 Å². The molecule has 3 heterocycles. The first-order valence-electron chi connectivity index (χ1n) is 12.1. The Morgan fingerprint density at radius 1 is 0.824 bits per heavy atom. The molecule has 0 radical (unpaired) electrons. The molecule has 0 unspecified atom stereocenters. The molecule has 2 saturated heterocycles. The van der Waals surface area contributed by atoms with Gasteiger partial charge in [0.05, 0.1) is 19.2 Å². The van der Waals surface area contributed by atoms with E-state index >= 15 is 0 Å². The van der Waals surface area contributed by atoms with E-state index in [9.17, 15) is 0 Å². The maximum absolute atomic E-state index is 6.63. The van der Waals surface area contributed by atoms with Crippen molar-refractivity contribution in [1.29, 1.82) is 0 Å². The van der Waals surface area contributed by atoms with Gasteiger partial charge in [-0.2, -0.15) is 0 Å². The smallest absolute Gasteiger partial charge is 0.203 e. The summed E-state index contributed by atoms with van der Waals surface area (Å²) in [6, 6.07) is 22.2. The largest absolute Gasteiger partial charge is 1.00 e. The van der Waals surface area contributed by atoms with Gasteiger partial charge in [-0.1, -0.05) is 24.3 Å². The van der Waals surface area contributed by atoms with Crippen molar-refractivity contribution in [3.05, 3.63) is 71.6 Å². The highest BCUT2D eigenvalue weighted by Gasteiger charge is 2.21. The van der Waals surface area contributed by atoms with Gasteiger partial charge >= 0.3 is 0 Å². The highest BCUT2D eigenvalue weighted by atomic mass is 35.5. The molecule has 4 aliphatic rings. The maximum atomic E-state index is 6.63. The Bertz CT molecular complexity index is 1350. The Kier molecular flexibility index (Phi) is 6.59. The van der Waals surface area contributed by atoms with Crippen LogP contribution in [-0.4, -0.2) is 52.4 Å². The maximum Gasteiger partial charge on any atom is 0.203 e. The van der Waals surface area contributed by atoms with Crippen molar-refractivity contribution in [1.82, 2.24) is 15.2 Å². The number of aryl methyl sites for hydroxylation is 1. The molecule has 176 valence electrons. The first kappa shape index (κ1) is 22.9. The molecule has 34 heavy (non-hydrogen) atoms. The van der Waals surface area contributed by atoms with E-state index in [0.29, 0.717) is 0 Å². The Labute approximate surface area is 206 Å². The fraction of sp³-hybridized carbons (Fsp3) is 0.321. The van der Waals surface area contributed by atoms with Gasteiger partial charge in [0.25, 0.3) is 0 Å². The number of fused-ring (bicyclic) bond motifs is 2. The number of piperazine rings is 2. The van der Waals surface area contributed by atoms with Crippen LogP contribution in [0.3, 0.4) is 0 Å². The van der Waals surface area contributed by atoms with Crippen LogP contribution in [0.15, 0.2) is 65.1 Å². The molecule has 0 atom stereocenters. The number of hydrogen-bond acceptors (Lipinski definition) is 4. The van der Waals surface area contributed by atoms with Crippen LogP contribution < -0.4 is 37.9 Å². The number of rotatable bonds is 2. The van der Waals surface area contributed by atoms with Gasteiger partial charge in [-0.25, -0.2) is 4.58 Å². The van der Waals surface area contributed by atoms with E-state index in [-0.39, 0.29) is 12.4 Å². The van der Waals surface area contributed by atoms with E-state index in [1.807, 2.05) is 0 Å². The second kappa shape index (κ2) is 9.79. The lowest BCUT2D eigenvalue weighted by Gasteiger charge is -2.29. The van der Waals surface area contributed by atoms with Crippen molar-refractivity contribution in [2.24, 2.45) is 0 Å². The summed E-state index contributed by atoms with van der Waals surface area (Å²) in [5.41, 5.74) is 7.18. The molecular formula is C28H31ClN4O. The molecule has 2 aromatic carbocycles. The normalized spacial score (nSPS) is 16.6. The minimum Gasteiger partial charge on any atom is -1.00 e. The molecule has 0 bridgehead atoms. The minimum atomic E-state index is 0. The first-order chi connectivity index (χ1) is 16.3. The van der Waals surface area contributed by atoms with Gasteiger partial charge in [-0.05, 0) is 36.2 Å². The average molecular weight is 475 g/mol. The number of nitrogens with zero attached hydrogens (tertiary/aromatic N) is 2. The Hall–Kier alpha value is -2.86. The third-order valence-corrected chi connectivity index (χ3v) is 7.07. The van der Waals surface area contributed by atoms with E-state index in [1.54, 1.807) is 0 Å². The number of hydrogen-bond donors (Lipinski definition) is 2. The molecule has 2 aromatic rings. The summed E-state index contributed by atoms with van der Waals surface area (Å²) in [4.78, 5) is 2.44. The molecule has 6 heteroatoms. The molecule has 0 saturated carbocycles. The minimum absolute atomic E-state index is 0. The molecule has 2 N–H and O–H groups in total. The number of nitrogens with one attached hydrogen (secondary N) is 2. The molecule has 2 fully saturated rings. The predicted octanol–water partition coefficient (Wildman–Crippen LogP) is 0.302. The average Bonchev–Trinajstić information content (AvgIpc) is 2.88. The van der Waals surface area contributed by atoms with Crippen LogP contribution in [0, 0.1) is 6.92 Å². The van der Waals surface area contributed by atoms with E-state index in [2.05, 4.69) is 87.7 Å². The topological polar surface area (TPSA) is 43.5 Å². The summed E-state index contributed by atoms with van der Waals surface area (Å²) in [7, 11) is 0. The monoisotopic (exact) mass is 474 g/mol. The first-order valence-corrected chi connectivity index (χ1v) is 12.1. The van der Waals surface area contributed by atoms with Gasteiger partial charge in [-0.3, -0.25) is 0 Å². The molecular weight excluding hydrogens is 444 g/mol. The number of anilines is 1. The second-order valence-electron chi connectivity index (χ2n) is 9.13. The molecule has 6 rings (SSSR count). The third kappa shape index (κ3) is 4.20. The van der Waals surface area contributed by atoms with Crippen LogP contribution in [0.4, 0.5) is 5.69 Å². The standard InChI is InChI=1S/C28H31N4O.ClH/c1-20-4-2-3-5-23(20)28-24-8-6-21(31-14-10-29-11-15-31)18-26(24)33-27-19-22(7-9-25(27)28)32-16-12-30-13-17-32;/h2-9,18-19,29-30H,10-17H2,1H3;1H/q+1;/p-1. The highest BCUT2D eigenvalue weighted by molar-refractivity contribution is 6.03. The van der Waals surface area contributed by atoms with Crippen LogP contribution in [0.1, 0.15) is 5.56 Å². The Morgan fingerprint density at radius 2 is 1.59 bits per heavy atom. The lowest BCUT2D eigenvalue weighted by Crippen LogP contribution is -3.00. The van der Waals surface area contributed by atoms with E-state index in [0.717, 1.165) is 63.7 Å². The molecule has 1 aliphatic carbocycles. The summed E-state index contributed by atoms with van der Waals surface area (Å²) in [6.07, 6.45) is 0. The SMILES string of the molecule is Cc1ccccc1-c1c2ccc(=[N+]3CCNCC3)cc-2oc2cc(N3CCNCC3)ccc12.[Cl-]. The van der Waals surface area contributed by atoms with Crippen molar-refractivity contribution in [2.45, 2.75) is 6.92 Å². The molecule has 3 aliphatic heterocycles. The van der Waals surface area contributed by atoms with Crippen LogP contribution in [0.25, 0.3) is 33.4 Å². The zero-order valence-electron chi connectivity index (χ0n) is 19.6. The summed E-state index contributed by atoms with van der Waals surface area (Å²) in [6.45, 7) is 10.4. The summed E-state index contributed by atoms with van der Waals surface area (Å²) in [5.74, 6) is 0.953. The zero-order valence-corrected chi connectivity index (χ0v) is 20.4. The van der Waals surface area contributed by atoms with Gasteiger partial charge < -0.3 is 32.4 Å². The van der Waals surface area contributed by atoms with Crippen LogP contribution >= 0.6 is 0 Å². The fourth-order valence-electron chi connectivity index (χ4n) is 5.25. The third-order valence-electron chi connectivity index (χ3n) is 7.07. The number of halogens is 1. The molecule has 5 nitrogen and oxygen atoms in total. The van der Waals surface area contributed by atoms with Crippen molar-refractivity contribution in [3.8, 4) is 22.5 Å². The van der Waals surface area contributed by atoms with E-state index in [4.69, 9.17) is 4.42 Å². The summed E-state index contributed by atoms with van der Waals surface area (Å²) >= 11 is 0. The lowest BCUT2D eigenvalue weighted by atomic mass is 9.91. The summed E-state index contributed by atoms with van der Waals surface area (Å²) in [5, 5.41) is 9.30. The van der Waals surface area contributed by atoms with E-state index in [1.165, 1.54) is 38.7 Å². The van der Waals surface area contributed by atoms with Gasteiger partial charge in [-0.15, -0.1) is 0 Å². The second-order valence-corrected chi connectivity index (χ2v) is 9.13. The van der Waals surface area contributed by atoms with Gasteiger partial charge in [0, 0.05) is 60.5 Å². The Balaban J connectivity index is 0.00000241. The van der Waals surface area contributed by atoms with E-state index < -0.39 is 0 Å². The lowest BCUT2D eigenvalue weighted by molar-refractivity contribution is -0.00000705. The van der Waals surface area contributed by atoms with Crippen LogP contribution in [0.2, 0.25) is 0 Å². The zero-order chi connectivity index (χ0) is 22.2. The molecule has 0 spiro atoms. The molecule has 0 aromatic heterocycles. The predicted molar refractivity (Wildman–Crippen MR) is 136 cm³/mol. The van der Waals surface area contributed by atoms with Crippen LogP contribution in [-0.2, 0) is 0 Å². The van der Waals surface area contributed by atoms with Gasteiger partial charge in [0.1, 0.15) is 11.3 Å². The van der Waals surface area contributed by atoms with Gasteiger partial charge in [0.15, 0.2) is 13.1 Å². The van der Waals surface area contributed by atoms with Crippen molar-refractivity contribution < 1.29 is 16.8 Å². The quantitative estimate of drug-likeness (QED) is 0.324. The summed E-state index contributed by atoms with van der Waals surface area (Å²) < 4.78 is 9.07. The van der Waals surface area contributed by atoms with Crippen molar-refractivity contribution in [3.63, 3.8) is 0 Å². The highest BCUT2D eigenvalue weighted by Crippen LogP contribution is 2.41. The Morgan fingerprint density at radius 3 is 2.38 bits per heavy atom. The fourth-order valence-corrected chi connectivity index (χ4v) is 5.25. The van der Waals surface area contributed by atoms with Gasteiger partial charge in [0.2, 0.25) is 5.36 Å². The van der Waals surface area contributed by atoms with Crippen molar-refractivity contribution in [2.75, 3.05) is 57.3 Å². The van der Waals surface area contributed by atoms with Crippen LogP contribution in [0.5, 0.6) is 0 Å². The molecule has 0 amide bonds. The number of benzene rings is 3.